The average Bonchev–Trinajstić information content (AvgIpc) is 3.12. The number of ether oxygens (including phenoxy) is 1. The number of aryl methyl sites for hydroxylation is 2. The molecule has 2 bridgehead atoms. The molecule has 4 nitrogen and oxygen atoms in total. The fourth-order valence-corrected chi connectivity index (χ4v) is 5.18. The van der Waals surface area contributed by atoms with Crippen LogP contribution in [0.25, 0.3) is 0 Å². The average molecular weight is 313 g/mol. The number of nitrogens with zero attached hydrogens (tertiary/aromatic N) is 1. The normalized spacial score (nSPS) is 33.9. The first-order valence-corrected chi connectivity index (χ1v) is 8.61. The predicted octanol–water partition coefficient (Wildman–Crippen LogP) is 2.85. The van der Waals surface area contributed by atoms with Gasteiger partial charge in [0.15, 0.2) is 0 Å². The molecule has 0 aromatic heterocycles. The number of hydrogen-bond acceptors (Lipinski definition) is 3. The topological polar surface area (TPSA) is 46.6 Å². The van der Waals surface area contributed by atoms with E-state index in [1.807, 2.05) is 43.9 Å². The summed E-state index contributed by atoms with van der Waals surface area (Å²) in [5.74, 6) is 0.163. The Morgan fingerprint density at radius 1 is 1.26 bits per heavy atom. The fourth-order valence-electron chi connectivity index (χ4n) is 5.18. The third-order valence-corrected chi connectivity index (χ3v) is 6.06. The lowest BCUT2D eigenvalue weighted by Gasteiger charge is -2.32. The predicted molar refractivity (Wildman–Crippen MR) is 87.0 cm³/mol. The Morgan fingerprint density at radius 3 is 2.61 bits per heavy atom. The van der Waals surface area contributed by atoms with Gasteiger partial charge in [0.1, 0.15) is 6.10 Å². The Balaban J connectivity index is 1.69. The van der Waals surface area contributed by atoms with Crippen LogP contribution in [0.3, 0.4) is 0 Å². The molecule has 1 heterocycles. The minimum absolute atomic E-state index is 0.0804. The van der Waals surface area contributed by atoms with E-state index < -0.39 is 0 Å². The summed E-state index contributed by atoms with van der Waals surface area (Å²) in [6.45, 7) is 6.72. The van der Waals surface area contributed by atoms with Gasteiger partial charge in [-0.2, -0.15) is 0 Å². The highest BCUT2D eigenvalue weighted by Crippen LogP contribution is 2.58. The molecular weight excluding hydrogens is 290 g/mol. The van der Waals surface area contributed by atoms with Crippen LogP contribution >= 0.6 is 0 Å². The Morgan fingerprint density at radius 2 is 1.96 bits per heavy atom. The van der Waals surface area contributed by atoms with Crippen molar-refractivity contribution >= 4 is 17.6 Å². The molecular formula is C19H23NO3. The van der Waals surface area contributed by atoms with E-state index in [-0.39, 0.29) is 35.7 Å². The van der Waals surface area contributed by atoms with Crippen LogP contribution in [0, 0.1) is 37.5 Å². The van der Waals surface area contributed by atoms with Crippen LogP contribution in [-0.2, 0) is 14.3 Å². The molecule has 1 amide bonds. The molecule has 23 heavy (non-hydrogen) atoms. The fraction of sp³-hybridized carbons (Fsp3) is 0.579. The van der Waals surface area contributed by atoms with Gasteiger partial charge in [-0.15, -0.1) is 0 Å². The van der Waals surface area contributed by atoms with Gasteiger partial charge in [0.2, 0.25) is 5.91 Å². The maximum atomic E-state index is 13.3. The zero-order valence-electron chi connectivity index (χ0n) is 13.9. The van der Waals surface area contributed by atoms with E-state index >= 15 is 0 Å². The Kier molecular flexibility index (Phi) is 3.26. The third kappa shape index (κ3) is 1.97. The smallest absolute Gasteiger partial charge is 0.310 e. The summed E-state index contributed by atoms with van der Waals surface area (Å²) in [6.07, 6.45) is 1.92. The van der Waals surface area contributed by atoms with Crippen molar-refractivity contribution in [2.45, 2.75) is 39.7 Å². The molecule has 1 saturated heterocycles. The molecule has 0 N–H and O–H groups in total. The Labute approximate surface area is 136 Å². The summed E-state index contributed by atoms with van der Waals surface area (Å²) in [6, 6.07) is 6.10. The van der Waals surface area contributed by atoms with Crippen molar-refractivity contribution in [2.75, 3.05) is 11.4 Å². The largest absolute Gasteiger partial charge is 0.462 e. The Hall–Kier alpha value is -1.84. The summed E-state index contributed by atoms with van der Waals surface area (Å²) < 4.78 is 5.48. The van der Waals surface area contributed by atoms with Gasteiger partial charge in [-0.1, -0.05) is 18.2 Å². The SMILES string of the molecule is CCN(C(=O)[C@@H]1[C@H]2C[C@H]3[C@@H]1C(=O)O[C@H]3C2)c1c(C)cccc1C. The van der Waals surface area contributed by atoms with Crippen LogP contribution in [0.2, 0.25) is 0 Å². The molecule has 5 atom stereocenters. The lowest BCUT2D eigenvalue weighted by molar-refractivity contribution is -0.145. The highest BCUT2D eigenvalue weighted by atomic mass is 16.6. The molecule has 1 aromatic rings. The number of amides is 1. The van der Waals surface area contributed by atoms with Crippen LogP contribution in [0.4, 0.5) is 5.69 Å². The van der Waals surface area contributed by atoms with E-state index in [1.54, 1.807) is 0 Å². The number of carbonyl (C=O) groups is 2. The van der Waals surface area contributed by atoms with E-state index in [4.69, 9.17) is 4.74 Å². The first-order chi connectivity index (χ1) is 11.0. The summed E-state index contributed by atoms with van der Waals surface area (Å²) in [5, 5.41) is 0. The minimum atomic E-state index is -0.204. The van der Waals surface area contributed by atoms with Crippen molar-refractivity contribution in [1.29, 1.82) is 0 Å². The van der Waals surface area contributed by atoms with Gasteiger partial charge in [0.05, 0.1) is 11.8 Å². The molecule has 2 saturated carbocycles. The molecule has 3 aliphatic rings. The molecule has 0 radical (unpaired) electrons. The number of fused-ring (bicyclic) bond motifs is 1. The van der Waals surface area contributed by atoms with Crippen LogP contribution < -0.4 is 4.90 Å². The highest BCUT2D eigenvalue weighted by molar-refractivity contribution is 5.99. The minimum Gasteiger partial charge on any atom is -0.462 e. The number of esters is 1. The number of hydrogen-bond donors (Lipinski definition) is 0. The van der Waals surface area contributed by atoms with Gasteiger partial charge in [-0.25, -0.2) is 0 Å². The number of benzene rings is 1. The van der Waals surface area contributed by atoms with Gasteiger partial charge in [0.25, 0.3) is 0 Å². The van der Waals surface area contributed by atoms with Crippen LogP contribution in [0.5, 0.6) is 0 Å². The first-order valence-electron chi connectivity index (χ1n) is 8.61. The van der Waals surface area contributed by atoms with Crippen LogP contribution in [0.1, 0.15) is 30.9 Å². The first kappa shape index (κ1) is 14.7. The molecule has 2 aliphatic carbocycles. The zero-order chi connectivity index (χ0) is 16.3. The molecule has 1 aromatic carbocycles. The van der Waals surface area contributed by atoms with Gasteiger partial charge >= 0.3 is 5.97 Å². The van der Waals surface area contributed by atoms with Crippen LogP contribution in [-0.4, -0.2) is 24.5 Å². The van der Waals surface area contributed by atoms with Crippen molar-refractivity contribution in [3.63, 3.8) is 0 Å². The number of para-hydroxylation sites is 1. The molecule has 0 spiro atoms. The second-order valence-electron chi connectivity index (χ2n) is 7.25. The van der Waals surface area contributed by atoms with E-state index in [1.165, 1.54) is 0 Å². The second kappa shape index (κ2) is 5.08. The van der Waals surface area contributed by atoms with Crippen molar-refractivity contribution < 1.29 is 14.3 Å². The zero-order valence-corrected chi connectivity index (χ0v) is 13.9. The summed E-state index contributed by atoms with van der Waals surface area (Å²) in [4.78, 5) is 27.4. The van der Waals surface area contributed by atoms with Gasteiger partial charge < -0.3 is 9.64 Å². The lowest BCUT2D eigenvalue weighted by Crippen LogP contribution is -2.43. The van der Waals surface area contributed by atoms with Gasteiger partial charge in [0, 0.05) is 18.2 Å². The van der Waals surface area contributed by atoms with E-state index in [2.05, 4.69) is 0 Å². The standard InChI is InChI=1S/C19H23NO3/c1-4-20(17-10(2)6-5-7-11(17)3)18(21)15-12-8-13-14(9-12)23-19(22)16(13)15/h5-7,12-16H,4,8-9H2,1-3H3/t12-,13+,14-,15+,16-/m0/s1. The van der Waals surface area contributed by atoms with E-state index in [9.17, 15) is 9.59 Å². The second-order valence-corrected chi connectivity index (χ2v) is 7.25. The quantitative estimate of drug-likeness (QED) is 0.806. The monoisotopic (exact) mass is 313 g/mol. The van der Waals surface area contributed by atoms with Gasteiger partial charge in [-0.3, -0.25) is 9.59 Å². The van der Waals surface area contributed by atoms with Crippen molar-refractivity contribution in [3.8, 4) is 0 Å². The van der Waals surface area contributed by atoms with Crippen LogP contribution in [0.15, 0.2) is 18.2 Å². The molecule has 3 fully saturated rings. The lowest BCUT2D eigenvalue weighted by atomic mass is 9.79. The molecule has 122 valence electrons. The number of carbonyl (C=O) groups excluding carboxylic acids is 2. The summed E-state index contributed by atoms with van der Waals surface area (Å²) in [7, 11) is 0. The maximum Gasteiger partial charge on any atom is 0.310 e. The third-order valence-electron chi connectivity index (χ3n) is 6.06. The highest BCUT2D eigenvalue weighted by Gasteiger charge is 2.64. The van der Waals surface area contributed by atoms with E-state index in [0.717, 1.165) is 29.7 Å². The van der Waals surface area contributed by atoms with Gasteiger partial charge in [-0.05, 0) is 50.7 Å². The molecule has 1 aliphatic heterocycles. The van der Waals surface area contributed by atoms with E-state index in [0.29, 0.717) is 12.5 Å². The van der Waals surface area contributed by atoms with Crippen molar-refractivity contribution in [2.24, 2.45) is 23.7 Å². The molecule has 0 unspecified atom stereocenters. The van der Waals surface area contributed by atoms with Crippen molar-refractivity contribution in [1.82, 2.24) is 0 Å². The Bertz CT molecular complexity index is 661. The molecule has 4 rings (SSSR count). The summed E-state index contributed by atoms with van der Waals surface area (Å²) in [5.41, 5.74) is 3.22. The van der Waals surface area contributed by atoms with Crippen molar-refractivity contribution in [3.05, 3.63) is 29.3 Å². The number of anilines is 1. The number of rotatable bonds is 3. The molecule has 4 heteroatoms. The maximum absolute atomic E-state index is 13.3. The summed E-state index contributed by atoms with van der Waals surface area (Å²) >= 11 is 0.